The number of piperidine rings is 1. The maximum Gasteiger partial charge on any atom is 0.269 e. The van der Waals surface area contributed by atoms with Crippen molar-refractivity contribution < 1.29 is 9.59 Å². The van der Waals surface area contributed by atoms with Crippen LogP contribution in [-0.2, 0) is 11.8 Å². The largest absolute Gasteiger partial charge is 0.348 e. The van der Waals surface area contributed by atoms with Crippen LogP contribution >= 0.6 is 11.6 Å². The molecule has 1 unspecified atom stereocenters. The zero-order valence-corrected chi connectivity index (χ0v) is 22.4. The molecule has 1 aromatic carbocycles. The molecule has 3 fully saturated rings. The van der Waals surface area contributed by atoms with Crippen molar-refractivity contribution in [2.24, 2.45) is 18.9 Å². The van der Waals surface area contributed by atoms with E-state index >= 15 is 0 Å². The summed E-state index contributed by atoms with van der Waals surface area (Å²) in [6.45, 7) is 4.85. The number of nitrogens with zero attached hydrogens (tertiary/aromatic N) is 5. The minimum absolute atomic E-state index is 0.0344. The number of aryl methyl sites for hydroxylation is 2. The van der Waals surface area contributed by atoms with Crippen LogP contribution in [0.2, 0.25) is 5.02 Å². The second kappa shape index (κ2) is 9.25. The van der Waals surface area contributed by atoms with Crippen LogP contribution in [0.1, 0.15) is 76.5 Å². The normalized spacial score (nSPS) is 24.4. The highest BCUT2D eigenvalue weighted by Crippen LogP contribution is 2.47. The molecule has 2 amide bonds. The van der Waals surface area contributed by atoms with Gasteiger partial charge in [-0.05, 0) is 85.0 Å². The predicted molar refractivity (Wildman–Crippen MR) is 143 cm³/mol. The molecule has 6 rings (SSSR count). The lowest BCUT2D eigenvalue weighted by Crippen LogP contribution is -2.44. The Kier molecular flexibility index (Phi) is 5.99. The molecule has 2 saturated carbocycles. The number of benzene rings is 1. The van der Waals surface area contributed by atoms with Crippen molar-refractivity contribution in [1.29, 1.82) is 5.26 Å². The molecule has 3 aromatic rings. The molecule has 38 heavy (non-hydrogen) atoms. The lowest BCUT2D eigenvalue weighted by atomic mass is 9.74. The fraction of sp³-hybridized carbons (Fsp3) is 0.414. The molecular formula is C29H29ClN6O2. The van der Waals surface area contributed by atoms with E-state index in [1.807, 2.05) is 36.2 Å². The number of pyridine rings is 1. The third kappa shape index (κ3) is 4.25. The number of anilines is 1. The van der Waals surface area contributed by atoms with Gasteiger partial charge in [-0.3, -0.25) is 19.2 Å². The molecule has 1 aliphatic heterocycles. The second-order valence-corrected chi connectivity index (χ2v) is 11.4. The van der Waals surface area contributed by atoms with Crippen molar-refractivity contribution >= 4 is 29.2 Å². The van der Waals surface area contributed by atoms with Gasteiger partial charge < -0.3 is 5.32 Å². The third-order valence-electron chi connectivity index (χ3n) is 8.42. The Bertz CT molecular complexity index is 1500. The molecule has 0 radical (unpaired) electrons. The van der Waals surface area contributed by atoms with Gasteiger partial charge >= 0.3 is 0 Å². The number of hydrogen-bond acceptors (Lipinski definition) is 5. The Hall–Kier alpha value is -3.70. The van der Waals surface area contributed by atoms with E-state index in [2.05, 4.69) is 28.4 Å². The first-order valence-electron chi connectivity index (χ1n) is 13.1. The van der Waals surface area contributed by atoms with E-state index in [4.69, 9.17) is 11.6 Å². The number of carbonyl (C=O) groups excluding carboxylic acids is 2. The molecule has 3 heterocycles. The van der Waals surface area contributed by atoms with Gasteiger partial charge in [-0.15, -0.1) is 0 Å². The van der Waals surface area contributed by atoms with Crippen molar-refractivity contribution in [2.45, 2.75) is 51.0 Å². The number of fused-ring (bicyclic) bond motifs is 1. The zero-order chi connectivity index (χ0) is 26.7. The maximum absolute atomic E-state index is 13.1. The van der Waals surface area contributed by atoms with Gasteiger partial charge in [-0.25, -0.2) is 4.98 Å². The van der Waals surface area contributed by atoms with E-state index in [0.717, 1.165) is 54.0 Å². The van der Waals surface area contributed by atoms with Crippen LogP contribution < -0.4 is 10.2 Å². The summed E-state index contributed by atoms with van der Waals surface area (Å²) < 4.78 is 1.62. The average molecular weight is 529 g/mol. The molecule has 1 saturated heterocycles. The standard InChI is InChI=1S/C29H29ClN6O2/c1-15-6-27(36-14-19-9-23(19)29(36)38)32-13-24(15)16(2)25-11-26(35(3)34-25)28(37)33-21-7-18(8-21)22-10-20(30)5-4-17(22)12-31/h4-6,10-11,13,16,18-19,21,23H,7-9,14H2,1-3H3,(H,33,37)/t16?,18?,19-,21?,23-/m1/s1. The third-order valence-corrected chi connectivity index (χ3v) is 8.66. The number of halogens is 1. The minimum Gasteiger partial charge on any atom is -0.348 e. The number of amides is 2. The van der Waals surface area contributed by atoms with E-state index in [-0.39, 0.29) is 35.6 Å². The first-order valence-corrected chi connectivity index (χ1v) is 13.4. The average Bonchev–Trinajstić information content (AvgIpc) is 3.43. The van der Waals surface area contributed by atoms with Gasteiger partial charge in [0.15, 0.2) is 0 Å². The summed E-state index contributed by atoms with van der Waals surface area (Å²) in [6.07, 6.45) is 4.38. The van der Waals surface area contributed by atoms with E-state index in [0.29, 0.717) is 22.2 Å². The smallest absolute Gasteiger partial charge is 0.269 e. The van der Waals surface area contributed by atoms with E-state index < -0.39 is 0 Å². The SMILES string of the molecule is Cc1cc(N2C[C@H]3C[C@H]3C2=O)ncc1C(C)c1cc(C(=O)NC2CC(c3cc(Cl)ccc3C#N)C2)n(C)n1. The van der Waals surface area contributed by atoms with Gasteiger partial charge in [-0.2, -0.15) is 10.4 Å². The van der Waals surface area contributed by atoms with Crippen molar-refractivity contribution in [1.82, 2.24) is 20.1 Å². The summed E-state index contributed by atoms with van der Waals surface area (Å²) in [5.41, 5.74) is 4.94. The molecule has 0 bridgehead atoms. The monoisotopic (exact) mass is 528 g/mol. The van der Waals surface area contributed by atoms with Gasteiger partial charge in [0.25, 0.3) is 5.91 Å². The highest BCUT2D eigenvalue weighted by molar-refractivity contribution is 6.30. The molecule has 0 spiro atoms. The Balaban J connectivity index is 1.11. The summed E-state index contributed by atoms with van der Waals surface area (Å²) in [6, 6.07) is 11.4. The molecular weight excluding hydrogens is 500 g/mol. The molecule has 1 N–H and O–H groups in total. The van der Waals surface area contributed by atoms with Gasteiger partial charge in [0.05, 0.1) is 17.3 Å². The van der Waals surface area contributed by atoms with E-state index in [1.165, 1.54) is 0 Å². The summed E-state index contributed by atoms with van der Waals surface area (Å²) in [4.78, 5) is 32.0. The zero-order valence-electron chi connectivity index (χ0n) is 21.6. The molecule has 2 aromatic heterocycles. The van der Waals surface area contributed by atoms with Crippen LogP contribution in [0.3, 0.4) is 0 Å². The lowest BCUT2D eigenvalue weighted by molar-refractivity contribution is -0.118. The number of carbonyl (C=O) groups is 2. The van der Waals surface area contributed by atoms with Crippen LogP contribution in [0.5, 0.6) is 0 Å². The first kappa shape index (κ1) is 24.6. The fourth-order valence-corrected chi connectivity index (χ4v) is 6.11. The number of hydrogen-bond donors (Lipinski definition) is 1. The van der Waals surface area contributed by atoms with Crippen LogP contribution in [-0.4, -0.2) is 39.2 Å². The fourth-order valence-electron chi connectivity index (χ4n) is 5.93. The highest BCUT2D eigenvalue weighted by Gasteiger charge is 2.52. The molecule has 8 nitrogen and oxygen atoms in total. The Morgan fingerprint density at radius 1 is 1.24 bits per heavy atom. The second-order valence-electron chi connectivity index (χ2n) is 10.9. The molecule has 3 aliphatic rings. The Labute approximate surface area is 226 Å². The molecule has 2 aliphatic carbocycles. The van der Waals surface area contributed by atoms with Gasteiger partial charge in [-0.1, -0.05) is 18.5 Å². The van der Waals surface area contributed by atoms with Gasteiger partial charge in [0.2, 0.25) is 5.91 Å². The van der Waals surface area contributed by atoms with Crippen molar-refractivity contribution in [3.05, 3.63) is 75.2 Å². The number of nitriles is 1. The van der Waals surface area contributed by atoms with Gasteiger partial charge in [0, 0.05) is 42.7 Å². The summed E-state index contributed by atoms with van der Waals surface area (Å²) in [5, 5.41) is 17.8. The molecule has 9 heteroatoms. The predicted octanol–water partition coefficient (Wildman–Crippen LogP) is 4.46. The number of aromatic nitrogens is 3. The van der Waals surface area contributed by atoms with Crippen LogP contribution in [0.25, 0.3) is 0 Å². The number of nitrogens with one attached hydrogen (secondary N) is 1. The van der Waals surface area contributed by atoms with E-state index in [1.54, 1.807) is 23.9 Å². The topological polar surface area (TPSA) is 104 Å². The highest BCUT2D eigenvalue weighted by atomic mass is 35.5. The Morgan fingerprint density at radius 3 is 2.71 bits per heavy atom. The minimum atomic E-state index is -0.162. The van der Waals surface area contributed by atoms with Crippen LogP contribution in [0, 0.1) is 30.1 Å². The van der Waals surface area contributed by atoms with Crippen molar-refractivity contribution in [2.75, 3.05) is 11.4 Å². The van der Waals surface area contributed by atoms with Crippen molar-refractivity contribution in [3.63, 3.8) is 0 Å². The molecule has 194 valence electrons. The lowest BCUT2D eigenvalue weighted by Gasteiger charge is -2.36. The van der Waals surface area contributed by atoms with Crippen molar-refractivity contribution in [3.8, 4) is 6.07 Å². The van der Waals surface area contributed by atoms with E-state index in [9.17, 15) is 14.9 Å². The molecule has 3 atom stereocenters. The Morgan fingerprint density at radius 2 is 2.03 bits per heavy atom. The number of rotatable bonds is 6. The summed E-state index contributed by atoms with van der Waals surface area (Å²) >= 11 is 6.14. The quantitative estimate of drug-likeness (QED) is 0.508. The van der Waals surface area contributed by atoms with Crippen LogP contribution in [0.4, 0.5) is 5.82 Å². The summed E-state index contributed by atoms with van der Waals surface area (Å²) in [5.74, 6) is 1.59. The first-order chi connectivity index (χ1) is 18.2. The maximum atomic E-state index is 13.1. The van der Waals surface area contributed by atoms with Crippen LogP contribution in [0.15, 0.2) is 36.5 Å². The van der Waals surface area contributed by atoms with Gasteiger partial charge in [0.1, 0.15) is 11.5 Å². The summed E-state index contributed by atoms with van der Waals surface area (Å²) in [7, 11) is 1.78.